The first-order valence-corrected chi connectivity index (χ1v) is 8.29. The molecule has 4 N–H and O–H groups in total. The minimum absolute atomic E-state index is 0.273. The van der Waals surface area contributed by atoms with E-state index in [1.807, 2.05) is 48.5 Å². The summed E-state index contributed by atoms with van der Waals surface area (Å²) in [6, 6.07) is 21.6. The summed E-state index contributed by atoms with van der Waals surface area (Å²) in [6.45, 7) is 0. The van der Waals surface area contributed by atoms with Gasteiger partial charge < -0.3 is 11.1 Å². The van der Waals surface area contributed by atoms with Crippen LogP contribution in [0.5, 0.6) is 0 Å². The number of hydrogen-bond acceptors (Lipinski definition) is 3. The molecule has 0 radical (unpaired) electrons. The van der Waals surface area contributed by atoms with Gasteiger partial charge in [0.1, 0.15) is 0 Å². The summed E-state index contributed by atoms with van der Waals surface area (Å²) in [5.41, 5.74) is 10.6. The molecule has 3 aromatic rings. The van der Waals surface area contributed by atoms with Crippen molar-refractivity contribution in [1.82, 2.24) is 10.6 Å². The number of fused-ring (bicyclic) bond motifs is 3. The number of amides is 3. The maximum Gasteiger partial charge on any atom is 0.322 e. The molecule has 5 heteroatoms. The number of nitrogens with one attached hydrogen (secondary N) is 2. The number of urea groups is 1. The van der Waals surface area contributed by atoms with Crippen LogP contribution in [-0.4, -0.2) is 11.9 Å². The first kappa shape index (κ1) is 15.9. The van der Waals surface area contributed by atoms with E-state index in [0.717, 1.165) is 22.3 Å². The Bertz CT molecular complexity index is 968. The molecule has 26 heavy (non-hydrogen) atoms. The Labute approximate surface area is 150 Å². The van der Waals surface area contributed by atoms with Crippen LogP contribution >= 0.6 is 0 Å². The van der Waals surface area contributed by atoms with E-state index in [4.69, 9.17) is 5.73 Å². The molecule has 0 atom stereocenters. The maximum atomic E-state index is 12.4. The Morgan fingerprint density at radius 2 is 1.31 bits per heavy atom. The molecule has 3 amide bonds. The van der Waals surface area contributed by atoms with Gasteiger partial charge in [-0.3, -0.25) is 10.1 Å². The molecule has 0 saturated carbocycles. The smallest absolute Gasteiger partial charge is 0.322 e. The molecule has 0 aliphatic heterocycles. The van der Waals surface area contributed by atoms with E-state index >= 15 is 0 Å². The second kappa shape index (κ2) is 6.37. The van der Waals surface area contributed by atoms with Crippen molar-refractivity contribution in [1.29, 1.82) is 0 Å². The number of nitrogen functional groups attached to an aromatic ring is 1. The fourth-order valence-electron chi connectivity index (χ4n) is 3.35. The number of carbonyl (C=O) groups is 2. The third-order valence-corrected chi connectivity index (χ3v) is 4.54. The summed E-state index contributed by atoms with van der Waals surface area (Å²) in [7, 11) is 0. The monoisotopic (exact) mass is 343 g/mol. The minimum atomic E-state index is -0.560. The van der Waals surface area contributed by atoms with Crippen molar-refractivity contribution in [2.75, 3.05) is 5.73 Å². The summed E-state index contributed by atoms with van der Waals surface area (Å²) >= 11 is 0. The quantitative estimate of drug-likeness (QED) is 0.623. The van der Waals surface area contributed by atoms with Crippen molar-refractivity contribution >= 4 is 17.6 Å². The van der Waals surface area contributed by atoms with E-state index in [2.05, 4.69) is 10.6 Å². The number of nitrogens with two attached hydrogens (primary N) is 1. The zero-order valence-electron chi connectivity index (χ0n) is 13.9. The first-order valence-electron chi connectivity index (χ1n) is 8.29. The molecular formula is C21H17N3O2. The molecule has 128 valence electrons. The van der Waals surface area contributed by atoms with Crippen LogP contribution in [0.15, 0.2) is 72.8 Å². The lowest BCUT2D eigenvalue weighted by Gasteiger charge is -2.16. The predicted octanol–water partition coefficient (Wildman–Crippen LogP) is 3.48. The van der Waals surface area contributed by atoms with Crippen molar-refractivity contribution < 1.29 is 9.59 Å². The number of imide groups is 1. The van der Waals surface area contributed by atoms with Crippen molar-refractivity contribution in [3.8, 4) is 11.1 Å². The van der Waals surface area contributed by atoms with E-state index in [0.29, 0.717) is 5.69 Å². The lowest BCUT2D eigenvalue weighted by Crippen LogP contribution is -2.41. The van der Waals surface area contributed by atoms with Gasteiger partial charge in [-0.05, 0) is 34.4 Å². The van der Waals surface area contributed by atoms with Crippen LogP contribution in [0.2, 0.25) is 0 Å². The van der Waals surface area contributed by atoms with Crippen LogP contribution in [0.1, 0.15) is 27.5 Å². The van der Waals surface area contributed by atoms with Crippen LogP contribution in [0, 0.1) is 0 Å². The normalized spacial score (nSPS) is 12.2. The third-order valence-electron chi connectivity index (χ3n) is 4.54. The van der Waals surface area contributed by atoms with Gasteiger partial charge in [-0.2, -0.15) is 0 Å². The second-order valence-electron chi connectivity index (χ2n) is 6.12. The summed E-state index contributed by atoms with van der Waals surface area (Å²) < 4.78 is 0. The van der Waals surface area contributed by atoms with E-state index in [9.17, 15) is 9.59 Å². The number of para-hydroxylation sites is 1. The van der Waals surface area contributed by atoms with E-state index in [-0.39, 0.29) is 11.6 Å². The molecule has 0 spiro atoms. The molecule has 0 heterocycles. The topological polar surface area (TPSA) is 84.2 Å². The van der Waals surface area contributed by atoms with Crippen molar-refractivity contribution in [3.63, 3.8) is 0 Å². The van der Waals surface area contributed by atoms with E-state index in [1.165, 1.54) is 0 Å². The Kier molecular flexibility index (Phi) is 3.89. The standard InChI is InChI=1S/C21H17N3O2/c22-18-12-6-5-11-17(18)20(25)24-21(26)23-19-15-9-3-1-7-13(15)14-8-2-4-10-16(14)19/h1-12,19H,22H2,(H2,23,24,25,26). The lowest BCUT2D eigenvalue weighted by atomic mass is 10.1. The molecule has 0 aromatic heterocycles. The Balaban J connectivity index is 1.57. The molecule has 1 aliphatic carbocycles. The summed E-state index contributed by atoms with van der Waals surface area (Å²) in [6.07, 6.45) is 0. The molecule has 0 fully saturated rings. The Morgan fingerprint density at radius 1 is 0.769 bits per heavy atom. The number of rotatable bonds is 2. The first-order chi connectivity index (χ1) is 12.6. The lowest BCUT2D eigenvalue weighted by molar-refractivity contribution is 0.0964. The van der Waals surface area contributed by atoms with Gasteiger partial charge in [0, 0.05) is 5.69 Å². The van der Waals surface area contributed by atoms with Crippen LogP contribution in [0.3, 0.4) is 0 Å². The number of hydrogen-bond donors (Lipinski definition) is 3. The molecule has 0 bridgehead atoms. The van der Waals surface area contributed by atoms with Gasteiger partial charge in [0.25, 0.3) is 5.91 Å². The van der Waals surface area contributed by atoms with Crippen LogP contribution in [0.4, 0.5) is 10.5 Å². The fraction of sp³-hybridized carbons (Fsp3) is 0.0476. The van der Waals surface area contributed by atoms with Crippen molar-refractivity contribution in [3.05, 3.63) is 89.5 Å². The third kappa shape index (κ3) is 2.69. The van der Waals surface area contributed by atoms with Gasteiger partial charge in [-0.15, -0.1) is 0 Å². The number of carbonyl (C=O) groups excluding carboxylic acids is 2. The SMILES string of the molecule is Nc1ccccc1C(=O)NC(=O)NC1c2ccccc2-c2ccccc21. The van der Waals surface area contributed by atoms with Gasteiger partial charge in [-0.1, -0.05) is 60.7 Å². The average Bonchev–Trinajstić information content (AvgIpc) is 2.96. The van der Waals surface area contributed by atoms with Gasteiger partial charge in [0.05, 0.1) is 11.6 Å². The molecule has 1 aliphatic rings. The van der Waals surface area contributed by atoms with Crippen LogP contribution in [-0.2, 0) is 0 Å². The van der Waals surface area contributed by atoms with Crippen molar-refractivity contribution in [2.24, 2.45) is 0 Å². The molecule has 0 unspecified atom stereocenters. The summed E-state index contributed by atoms with van der Waals surface area (Å²) in [4.78, 5) is 24.7. The minimum Gasteiger partial charge on any atom is -0.398 e. The van der Waals surface area contributed by atoms with Crippen molar-refractivity contribution in [2.45, 2.75) is 6.04 Å². The Hall–Kier alpha value is -3.60. The highest BCUT2D eigenvalue weighted by atomic mass is 16.2. The molecule has 5 nitrogen and oxygen atoms in total. The van der Waals surface area contributed by atoms with Gasteiger partial charge in [-0.25, -0.2) is 4.79 Å². The predicted molar refractivity (Wildman–Crippen MR) is 101 cm³/mol. The Morgan fingerprint density at radius 3 is 1.92 bits per heavy atom. The van der Waals surface area contributed by atoms with E-state index < -0.39 is 11.9 Å². The van der Waals surface area contributed by atoms with Gasteiger partial charge in [0.15, 0.2) is 0 Å². The van der Waals surface area contributed by atoms with E-state index in [1.54, 1.807) is 24.3 Å². The maximum absolute atomic E-state index is 12.4. The second-order valence-corrected chi connectivity index (χ2v) is 6.12. The molecule has 0 saturated heterocycles. The van der Waals surface area contributed by atoms with Gasteiger partial charge in [0.2, 0.25) is 0 Å². The number of benzene rings is 3. The summed E-state index contributed by atoms with van der Waals surface area (Å²) in [5, 5.41) is 5.26. The number of anilines is 1. The highest BCUT2D eigenvalue weighted by molar-refractivity contribution is 6.07. The molecular weight excluding hydrogens is 326 g/mol. The molecule has 4 rings (SSSR count). The van der Waals surface area contributed by atoms with Crippen LogP contribution in [0.25, 0.3) is 11.1 Å². The average molecular weight is 343 g/mol. The molecule has 3 aromatic carbocycles. The highest BCUT2D eigenvalue weighted by Gasteiger charge is 2.29. The van der Waals surface area contributed by atoms with Crippen LogP contribution < -0.4 is 16.4 Å². The summed E-state index contributed by atoms with van der Waals surface area (Å²) in [5.74, 6) is -0.528. The highest BCUT2D eigenvalue weighted by Crippen LogP contribution is 2.42. The van der Waals surface area contributed by atoms with Gasteiger partial charge >= 0.3 is 6.03 Å². The zero-order valence-corrected chi connectivity index (χ0v) is 13.9. The zero-order chi connectivity index (χ0) is 18.1. The largest absolute Gasteiger partial charge is 0.398 e. The fourth-order valence-corrected chi connectivity index (χ4v) is 3.35.